The highest BCUT2D eigenvalue weighted by atomic mass is 16.3. The lowest BCUT2D eigenvalue weighted by Crippen LogP contribution is -1.99. The molecule has 0 spiro atoms. The zero-order valence-corrected chi connectivity index (χ0v) is 22.3. The van der Waals surface area contributed by atoms with Crippen molar-refractivity contribution in [3.8, 4) is 16.9 Å². The van der Waals surface area contributed by atoms with Gasteiger partial charge in [0, 0.05) is 17.0 Å². The third kappa shape index (κ3) is 9.32. The zero-order chi connectivity index (χ0) is 27.0. The number of hydrogen-bond acceptors (Lipinski definition) is 4. The quantitative estimate of drug-likeness (QED) is 0.381. The second kappa shape index (κ2) is 17.0. The van der Waals surface area contributed by atoms with Crippen LogP contribution in [-0.2, 0) is 22.4 Å². The summed E-state index contributed by atoms with van der Waals surface area (Å²) in [6, 6.07) is 16.6. The number of carbonyl (C=O) groups excluding carboxylic acids is 2. The summed E-state index contributed by atoms with van der Waals surface area (Å²) in [6.07, 6.45) is 4.23. The smallest absolute Gasteiger partial charge is 0.115 e. The van der Waals surface area contributed by atoms with Gasteiger partial charge in [0.25, 0.3) is 0 Å². The highest BCUT2D eigenvalue weighted by molar-refractivity contribution is 5.71. The molecule has 3 rings (SSSR count). The van der Waals surface area contributed by atoms with Crippen LogP contribution < -0.4 is 0 Å². The van der Waals surface area contributed by atoms with E-state index in [1.165, 1.54) is 35.1 Å². The Hall–Kier alpha value is -3.53. The number of pyridine rings is 1. The molecule has 1 heterocycles. The van der Waals surface area contributed by atoms with Crippen LogP contribution in [-0.4, -0.2) is 23.7 Å². The van der Waals surface area contributed by atoms with Crippen molar-refractivity contribution in [1.82, 2.24) is 4.98 Å². The van der Waals surface area contributed by atoms with E-state index in [9.17, 15) is 5.11 Å². The van der Waals surface area contributed by atoms with E-state index in [1.54, 1.807) is 12.1 Å². The molecule has 0 fully saturated rings. The molecule has 35 heavy (non-hydrogen) atoms. The molecule has 3 aromatic rings. The van der Waals surface area contributed by atoms with Crippen LogP contribution in [0.15, 0.2) is 55.1 Å². The third-order valence-corrected chi connectivity index (χ3v) is 5.54. The molecule has 1 aromatic heterocycles. The van der Waals surface area contributed by atoms with E-state index in [0.29, 0.717) is 5.75 Å². The Balaban J connectivity index is 0.00000179. The van der Waals surface area contributed by atoms with Gasteiger partial charge in [-0.05, 0) is 91.6 Å². The van der Waals surface area contributed by atoms with E-state index in [0.717, 1.165) is 40.9 Å². The predicted molar refractivity (Wildman–Crippen MR) is 149 cm³/mol. The molecule has 0 saturated heterocycles. The molecule has 0 radical (unpaired) electrons. The van der Waals surface area contributed by atoms with Crippen LogP contribution in [0.25, 0.3) is 16.7 Å². The van der Waals surface area contributed by atoms with Gasteiger partial charge in [-0.3, -0.25) is 4.98 Å². The summed E-state index contributed by atoms with van der Waals surface area (Å²) < 4.78 is 0. The maximum absolute atomic E-state index is 9.69. The Morgan fingerprint density at radius 3 is 2.11 bits per heavy atom. The van der Waals surface area contributed by atoms with E-state index in [1.807, 2.05) is 47.3 Å². The molecular formula is C31H41NO3. The lowest BCUT2D eigenvalue weighted by atomic mass is 9.90. The molecule has 188 valence electrons. The largest absolute Gasteiger partial charge is 0.508 e. The van der Waals surface area contributed by atoms with Gasteiger partial charge in [0.05, 0.1) is 0 Å². The zero-order valence-electron chi connectivity index (χ0n) is 22.3. The van der Waals surface area contributed by atoms with Gasteiger partial charge in [0.2, 0.25) is 0 Å². The van der Waals surface area contributed by atoms with Crippen molar-refractivity contribution in [2.45, 2.75) is 67.2 Å². The molecule has 0 aliphatic rings. The highest BCUT2D eigenvalue weighted by Crippen LogP contribution is 2.30. The number of allylic oxidation sites excluding steroid dienone is 1. The normalized spacial score (nSPS) is 9.43. The maximum Gasteiger partial charge on any atom is 0.115 e. The van der Waals surface area contributed by atoms with Crippen LogP contribution in [0, 0.1) is 20.8 Å². The van der Waals surface area contributed by atoms with E-state index >= 15 is 0 Å². The summed E-state index contributed by atoms with van der Waals surface area (Å²) in [5.74, 6) is 0.300. The van der Waals surface area contributed by atoms with E-state index in [2.05, 4.69) is 55.7 Å². The average Bonchev–Trinajstić information content (AvgIpc) is 2.87. The van der Waals surface area contributed by atoms with Crippen LogP contribution in [0.5, 0.6) is 5.75 Å². The summed E-state index contributed by atoms with van der Waals surface area (Å²) in [5, 5.41) is 9.69. The molecule has 0 saturated carbocycles. The van der Waals surface area contributed by atoms with Crippen LogP contribution in [0.3, 0.4) is 0 Å². The molecule has 0 unspecified atom stereocenters. The van der Waals surface area contributed by atoms with Crippen LogP contribution in [0.2, 0.25) is 0 Å². The Bertz CT molecular complexity index is 1070. The van der Waals surface area contributed by atoms with E-state index in [4.69, 9.17) is 9.59 Å². The first-order chi connectivity index (χ1) is 16.9. The van der Waals surface area contributed by atoms with Crippen molar-refractivity contribution in [1.29, 1.82) is 0 Å². The highest BCUT2D eigenvalue weighted by Gasteiger charge is 2.11. The fourth-order valence-corrected chi connectivity index (χ4v) is 3.93. The van der Waals surface area contributed by atoms with Gasteiger partial charge in [-0.15, -0.1) is 0 Å². The Morgan fingerprint density at radius 2 is 1.54 bits per heavy atom. The van der Waals surface area contributed by atoms with Gasteiger partial charge in [-0.2, -0.15) is 0 Å². The number of aromatic hydroxyl groups is 1. The van der Waals surface area contributed by atoms with Crippen molar-refractivity contribution in [3.05, 3.63) is 88.8 Å². The number of carbonyl (C=O) groups is 2. The van der Waals surface area contributed by atoms with Gasteiger partial charge in [0.1, 0.15) is 19.3 Å². The molecule has 0 atom stereocenters. The molecule has 1 N–H and O–H groups in total. The molecule has 0 aliphatic heterocycles. The molecule has 4 nitrogen and oxygen atoms in total. The van der Waals surface area contributed by atoms with Crippen molar-refractivity contribution in [2.75, 3.05) is 0 Å². The third-order valence-electron chi connectivity index (χ3n) is 5.54. The van der Waals surface area contributed by atoms with Gasteiger partial charge in [-0.25, -0.2) is 0 Å². The molecular weight excluding hydrogens is 434 g/mol. The summed E-state index contributed by atoms with van der Waals surface area (Å²) in [6.45, 7) is 20.7. The number of nitrogens with zero attached hydrogens (tertiary/aromatic N) is 1. The minimum absolute atomic E-state index is 0.300. The molecule has 0 bridgehead atoms. The number of aryl methyl sites for hydroxylation is 4. The number of aromatic nitrogens is 1. The number of rotatable bonds is 7. The Morgan fingerprint density at radius 1 is 0.886 bits per heavy atom. The van der Waals surface area contributed by atoms with Gasteiger partial charge < -0.3 is 14.7 Å². The fraction of sp³-hybridized carbons (Fsp3) is 0.323. The van der Waals surface area contributed by atoms with E-state index < -0.39 is 0 Å². The van der Waals surface area contributed by atoms with Crippen LogP contribution in [0.1, 0.15) is 67.3 Å². The number of phenols is 1. The maximum atomic E-state index is 9.69. The predicted octanol–water partition coefficient (Wildman–Crippen LogP) is 7.63. The minimum atomic E-state index is 0.300. The molecule has 0 aliphatic carbocycles. The van der Waals surface area contributed by atoms with Crippen molar-refractivity contribution in [3.63, 3.8) is 0 Å². The number of benzene rings is 2. The average molecular weight is 476 g/mol. The first-order valence-electron chi connectivity index (χ1n) is 12.0. The fourth-order valence-electron chi connectivity index (χ4n) is 3.93. The van der Waals surface area contributed by atoms with Gasteiger partial charge in [0.15, 0.2) is 0 Å². The SMILES string of the molecule is C=C(Cc1ccc(-c2ccc(C)nc2C)cc1CCCC)c1ccc(O)cc1C.C=O.C=O.CC. The Kier molecular flexibility index (Phi) is 15.3. The lowest BCUT2D eigenvalue weighted by Gasteiger charge is -2.16. The number of phenolic OH excluding ortho intramolecular Hbond substituents is 1. The minimum Gasteiger partial charge on any atom is -0.508 e. The summed E-state index contributed by atoms with van der Waals surface area (Å²) in [5.41, 5.74) is 10.5. The molecule has 0 amide bonds. The first-order valence-corrected chi connectivity index (χ1v) is 12.0. The lowest BCUT2D eigenvalue weighted by molar-refractivity contribution is -0.0987. The summed E-state index contributed by atoms with van der Waals surface area (Å²) in [4.78, 5) is 20.6. The summed E-state index contributed by atoms with van der Waals surface area (Å²) >= 11 is 0. The topological polar surface area (TPSA) is 67.3 Å². The summed E-state index contributed by atoms with van der Waals surface area (Å²) in [7, 11) is 0. The monoisotopic (exact) mass is 475 g/mol. The second-order valence-electron chi connectivity index (χ2n) is 7.95. The van der Waals surface area contributed by atoms with Gasteiger partial charge >= 0.3 is 0 Å². The number of unbranched alkanes of at least 4 members (excludes halogenated alkanes) is 1. The van der Waals surface area contributed by atoms with Crippen molar-refractivity contribution >= 4 is 19.2 Å². The van der Waals surface area contributed by atoms with Gasteiger partial charge in [-0.1, -0.05) is 64.1 Å². The standard InChI is InChI=1S/C27H31NO.C2H6.2CH2O/c1-6-7-8-22-17-24(27-13-9-20(4)28-21(27)5)11-10-23(22)15-18(2)26-14-12-25(29)16-19(26)3;3*1-2/h9-14,16-17,29H,2,6-8,15H2,1,3-5H3;1-2H3;2*1H2. The van der Waals surface area contributed by atoms with E-state index in [-0.39, 0.29) is 0 Å². The Labute approximate surface area is 211 Å². The van der Waals surface area contributed by atoms with Crippen LogP contribution in [0.4, 0.5) is 0 Å². The van der Waals surface area contributed by atoms with Crippen molar-refractivity contribution in [2.24, 2.45) is 0 Å². The molecule has 2 aromatic carbocycles. The van der Waals surface area contributed by atoms with Crippen molar-refractivity contribution < 1.29 is 14.7 Å². The molecule has 4 heteroatoms. The second-order valence-corrected chi connectivity index (χ2v) is 7.95. The first kappa shape index (κ1) is 31.5. The number of hydrogen-bond donors (Lipinski definition) is 1. The van der Waals surface area contributed by atoms with Crippen LogP contribution >= 0.6 is 0 Å².